The summed E-state index contributed by atoms with van der Waals surface area (Å²) in [6.45, 7) is 6.71. The van der Waals surface area contributed by atoms with E-state index in [1.54, 1.807) is 0 Å². The molecule has 0 aliphatic carbocycles. The third-order valence-electron chi connectivity index (χ3n) is 4.55. The summed E-state index contributed by atoms with van der Waals surface area (Å²) in [5, 5.41) is 0. The Labute approximate surface area is 149 Å². The van der Waals surface area contributed by atoms with Crippen LogP contribution >= 0.6 is 12.3 Å². The van der Waals surface area contributed by atoms with Crippen molar-refractivity contribution >= 4 is 22.3 Å². The molecular formula is C21H21BrHf. The molecule has 0 spiro atoms. The second-order valence-electron chi connectivity index (χ2n) is 6.10. The summed E-state index contributed by atoms with van der Waals surface area (Å²) in [6, 6.07) is 26.6. The molecule has 3 aromatic rings. The van der Waals surface area contributed by atoms with Gasteiger partial charge in [-0.05, 0) is 0 Å². The van der Waals surface area contributed by atoms with Crippen molar-refractivity contribution in [3.63, 3.8) is 0 Å². The summed E-state index contributed by atoms with van der Waals surface area (Å²) in [5.41, 5.74) is 4.16. The van der Waals surface area contributed by atoms with Crippen molar-refractivity contribution < 1.29 is 17.6 Å². The molecule has 3 aromatic carbocycles. The van der Waals surface area contributed by atoms with Crippen molar-refractivity contribution in [3.05, 3.63) is 89.5 Å². The van der Waals surface area contributed by atoms with Crippen molar-refractivity contribution in [2.45, 2.75) is 20.8 Å². The monoisotopic (exact) mass is 532 g/mol. The molecule has 0 N–H and O–H groups in total. The first-order valence-electron chi connectivity index (χ1n) is 7.92. The van der Waals surface area contributed by atoms with Crippen LogP contribution in [0.25, 0.3) is 0 Å². The molecule has 0 aliphatic rings. The van der Waals surface area contributed by atoms with Crippen molar-refractivity contribution in [2.75, 3.05) is 0 Å². The predicted octanol–water partition coefficient (Wildman–Crippen LogP) is 4.35. The molecule has 0 bridgehead atoms. The Morgan fingerprint density at radius 2 is 0.783 bits per heavy atom. The number of benzene rings is 3. The molecule has 0 radical (unpaired) electrons. The van der Waals surface area contributed by atoms with Crippen LogP contribution in [-0.4, -0.2) is 0 Å². The average molecular weight is 532 g/mol. The predicted molar refractivity (Wildman–Crippen MR) is 101 cm³/mol. The Kier molecular flexibility index (Phi) is 5.03. The standard InChI is InChI=1S/3C7H7.BrH.Hf/c3*1-7-5-3-2-4-6-7;;/h3*2-5H,1H3;1H;/q;;;;+1/p-1. The summed E-state index contributed by atoms with van der Waals surface area (Å²) >= 11 is 1.07. The van der Waals surface area contributed by atoms with Gasteiger partial charge in [-0.2, -0.15) is 0 Å². The van der Waals surface area contributed by atoms with Crippen LogP contribution in [0.5, 0.6) is 0 Å². The van der Waals surface area contributed by atoms with Crippen LogP contribution in [0.3, 0.4) is 0 Å². The molecule has 0 aromatic heterocycles. The molecule has 0 nitrogen and oxygen atoms in total. The van der Waals surface area contributed by atoms with Crippen LogP contribution in [0.1, 0.15) is 16.7 Å². The van der Waals surface area contributed by atoms with E-state index in [0.717, 1.165) is 0 Å². The number of hydrogen-bond acceptors (Lipinski definition) is 0. The fourth-order valence-electron chi connectivity index (χ4n) is 3.31. The normalized spacial score (nSPS) is 11.5. The van der Waals surface area contributed by atoms with Crippen molar-refractivity contribution in [2.24, 2.45) is 0 Å². The zero-order chi connectivity index (χ0) is 16.4. The van der Waals surface area contributed by atoms with Crippen molar-refractivity contribution in [1.82, 2.24) is 0 Å². The van der Waals surface area contributed by atoms with E-state index in [9.17, 15) is 0 Å². The van der Waals surface area contributed by atoms with E-state index in [2.05, 4.69) is 106 Å². The fraction of sp³-hybridized carbons (Fsp3) is 0.143. The molecule has 0 heterocycles. The Hall–Kier alpha value is -0.990. The summed E-state index contributed by atoms with van der Waals surface area (Å²) < 4.78 is 4.55. The number of hydrogen-bond donors (Lipinski definition) is 0. The number of aryl methyl sites for hydroxylation is 3. The van der Waals surface area contributed by atoms with E-state index >= 15 is 0 Å². The number of rotatable bonds is 3. The van der Waals surface area contributed by atoms with E-state index in [4.69, 9.17) is 0 Å². The van der Waals surface area contributed by atoms with E-state index < -0.39 is 17.6 Å². The molecular weight excluding hydrogens is 511 g/mol. The molecule has 116 valence electrons. The van der Waals surface area contributed by atoms with Gasteiger partial charge in [0.25, 0.3) is 0 Å². The van der Waals surface area contributed by atoms with Crippen LogP contribution in [-0.2, 0) is 17.6 Å². The van der Waals surface area contributed by atoms with E-state index in [0.29, 0.717) is 0 Å². The molecule has 0 saturated heterocycles. The number of halogens is 1. The van der Waals surface area contributed by atoms with Crippen LogP contribution in [0.15, 0.2) is 72.8 Å². The molecule has 23 heavy (non-hydrogen) atoms. The molecule has 0 unspecified atom stereocenters. The van der Waals surface area contributed by atoms with E-state index in [1.165, 1.54) is 26.7 Å². The van der Waals surface area contributed by atoms with Gasteiger partial charge in [-0.1, -0.05) is 0 Å². The quantitative estimate of drug-likeness (QED) is 0.441. The average Bonchev–Trinajstić information content (AvgIpc) is 2.55. The molecule has 3 rings (SSSR count). The second-order valence-corrected chi connectivity index (χ2v) is 26.4. The van der Waals surface area contributed by atoms with Gasteiger partial charge in [0.15, 0.2) is 0 Å². The fourth-order valence-corrected chi connectivity index (χ4v) is 27.6. The van der Waals surface area contributed by atoms with Crippen LogP contribution in [0, 0.1) is 20.8 Å². The van der Waals surface area contributed by atoms with Crippen LogP contribution in [0.2, 0.25) is 0 Å². The Balaban J connectivity index is 2.38. The third-order valence-corrected chi connectivity index (χ3v) is 29.1. The Morgan fingerprint density at radius 1 is 0.522 bits per heavy atom. The Morgan fingerprint density at radius 3 is 1.04 bits per heavy atom. The maximum absolute atomic E-state index is 4.38. The van der Waals surface area contributed by atoms with Gasteiger partial charge in [0.1, 0.15) is 0 Å². The SMILES string of the molecule is Cc1cccc[c]1[Hf]([Br])([c]1ccccc1C)[c]1ccccc1C. The van der Waals surface area contributed by atoms with Gasteiger partial charge in [0.05, 0.1) is 0 Å². The zero-order valence-electron chi connectivity index (χ0n) is 13.8. The van der Waals surface area contributed by atoms with Gasteiger partial charge < -0.3 is 0 Å². The first kappa shape index (κ1) is 16.9. The van der Waals surface area contributed by atoms with Gasteiger partial charge in [-0.25, -0.2) is 0 Å². The van der Waals surface area contributed by atoms with Crippen molar-refractivity contribution in [3.8, 4) is 0 Å². The molecule has 0 amide bonds. The minimum atomic E-state index is -3.32. The molecule has 0 aliphatic heterocycles. The van der Waals surface area contributed by atoms with Crippen LogP contribution < -0.4 is 9.96 Å². The maximum atomic E-state index is 4.38. The van der Waals surface area contributed by atoms with Crippen molar-refractivity contribution in [1.29, 1.82) is 0 Å². The van der Waals surface area contributed by atoms with Gasteiger partial charge in [0, 0.05) is 0 Å². The van der Waals surface area contributed by atoms with Gasteiger partial charge in [-0.3, -0.25) is 0 Å². The molecule has 0 fully saturated rings. The minimum absolute atomic E-state index is 1.39. The summed E-state index contributed by atoms with van der Waals surface area (Å²) in [4.78, 5) is 0. The molecule has 2 heteroatoms. The summed E-state index contributed by atoms with van der Waals surface area (Å²) in [6.07, 6.45) is 0. The van der Waals surface area contributed by atoms with Gasteiger partial charge >= 0.3 is 150 Å². The van der Waals surface area contributed by atoms with E-state index in [-0.39, 0.29) is 0 Å². The topological polar surface area (TPSA) is 0 Å². The second kappa shape index (κ2) is 6.86. The van der Waals surface area contributed by atoms with Crippen LogP contribution in [0.4, 0.5) is 0 Å². The first-order valence-corrected chi connectivity index (χ1v) is 21.2. The zero-order valence-corrected chi connectivity index (χ0v) is 19.0. The summed E-state index contributed by atoms with van der Waals surface area (Å²) in [7, 11) is 0. The Bertz CT molecular complexity index is 728. The first-order chi connectivity index (χ1) is 11.0. The van der Waals surface area contributed by atoms with Gasteiger partial charge in [-0.15, -0.1) is 0 Å². The van der Waals surface area contributed by atoms with E-state index in [1.807, 2.05) is 0 Å². The molecule has 0 atom stereocenters. The molecule has 0 saturated carbocycles. The summed E-state index contributed by atoms with van der Waals surface area (Å²) in [5.74, 6) is 0. The van der Waals surface area contributed by atoms with Gasteiger partial charge in [0.2, 0.25) is 0 Å². The third kappa shape index (κ3) is 3.04.